The van der Waals surface area contributed by atoms with Crippen molar-refractivity contribution in [1.29, 1.82) is 0 Å². The number of allylic oxidation sites excluding steroid dienone is 2. The number of nitrogens with one attached hydrogen (secondary N) is 1. The summed E-state index contributed by atoms with van der Waals surface area (Å²) in [5, 5.41) is 38.9. The third kappa shape index (κ3) is 6.72. The van der Waals surface area contributed by atoms with Crippen LogP contribution in [0.25, 0.3) is 0 Å². The van der Waals surface area contributed by atoms with E-state index in [-0.39, 0.29) is 52.0 Å². The molecule has 1 saturated heterocycles. The summed E-state index contributed by atoms with van der Waals surface area (Å²) in [7, 11) is 1.88. The van der Waals surface area contributed by atoms with E-state index in [2.05, 4.69) is 51.2 Å². The number of phenolic OH excluding ortho intramolecular Hbond substituents is 1. The first kappa shape index (κ1) is 43.2. The SMILES string of the molecule is CNCc1cc(O)cc(C2CC3(C)C(C(O)CC4(C)C3CCC3=C(C(CC(O)C5OC5(C)C5CCCC5c5cccc(N)c5)C5CCCCC5)C(=O)CC34C)C(C)(C)C2=O)c1. The summed E-state index contributed by atoms with van der Waals surface area (Å²) < 4.78 is 6.64. The van der Waals surface area contributed by atoms with Gasteiger partial charge in [0.1, 0.15) is 17.6 Å². The summed E-state index contributed by atoms with van der Waals surface area (Å²) in [6, 6.07) is 13.9. The Kier molecular flexibility index (Phi) is 10.8. The smallest absolute Gasteiger partial charge is 0.160 e. The highest BCUT2D eigenvalue weighted by atomic mass is 16.6. The molecule has 7 aliphatic rings. The molecular weight excluding hydrogens is 761 g/mol. The van der Waals surface area contributed by atoms with Crippen molar-refractivity contribution < 1.29 is 29.6 Å². The number of hydrogen-bond donors (Lipinski definition) is 5. The van der Waals surface area contributed by atoms with Gasteiger partial charge in [0.25, 0.3) is 0 Å². The summed E-state index contributed by atoms with van der Waals surface area (Å²) in [6.45, 7) is 13.9. The van der Waals surface area contributed by atoms with Crippen LogP contribution in [0, 0.1) is 51.2 Å². The molecule has 5 saturated carbocycles. The fourth-order valence-electron chi connectivity index (χ4n) is 16.5. The molecule has 8 heteroatoms. The number of epoxide rings is 1. The van der Waals surface area contributed by atoms with Gasteiger partial charge in [-0.05, 0) is 159 Å². The summed E-state index contributed by atoms with van der Waals surface area (Å²) in [5.41, 5.74) is 9.96. The standard InChI is InChI=1S/C53H74N2O6/c1-49(2)46-43(59)28-52(5)44(50(46,3)26-38(47(49)60)33-21-30(29-55-7)22-35(56)24-33)20-19-40-45(42(58)27-51(40,52)4)37(31-13-9-8-10-14-31)25-41(57)48-53(6,61-48)39-18-12-17-36(39)32-15-11-16-34(54)23-32/h11,15-16,21-24,31,36-39,41,43-44,46,48,55-57,59H,8-10,12-14,17-20,25-29,54H2,1-7H3. The van der Waals surface area contributed by atoms with Crippen molar-refractivity contribution in [3.63, 3.8) is 0 Å². The van der Waals surface area contributed by atoms with Gasteiger partial charge in [-0.25, -0.2) is 0 Å². The quantitative estimate of drug-likeness (QED) is 0.118. The van der Waals surface area contributed by atoms with Crippen LogP contribution in [0.5, 0.6) is 5.75 Å². The highest BCUT2D eigenvalue weighted by Gasteiger charge is 2.71. The molecule has 0 spiro atoms. The van der Waals surface area contributed by atoms with Crippen LogP contribution in [0.3, 0.4) is 0 Å². The second-order valence-corrected chi connectivity index (χ2v) is 22.7. The Balaban J connectivity index is 1.04. The monoisotopic (exact) mass is 835 g/mol. The fourth-order valence-corrected chi connectivity index (χ4v) is 16.5. The van der Waals surface area contributed by atoms with Gasteiger partial charge in [0.2, 0.25) is 0 Å². The summed E-state index contributed by atoms with van der Waals surface area (Å²) in [6.07, 6.45) is 11.2. The second-order valence-electron chi connectivity index (χ2n) is 22.7. The van der Waals surface area contributed by atoms with Gasteiger partial charge in [-0.3, -0.25) is 9.59 Å². The number of nitrogen functional groups attached to an aromatic ring is 1. The van der Waals surface area contributed by atoms with Crippen molar-refractivity contribution in [1.82, 2.24) is 5.32 Å². The molecule has 2 aromatic carbocycles. The average molecular weight is 835 g/mol. The molecule has 0 amide bonds. The number of carbonyl (C=O) groups is 2. The van der Waals surface area contributed by atoms with Crippen molar-refractivity contribution in [3.8, 4) is 5.75 Å². The summed E-state index contributed by atoms with van der Waals surface area (Å²) in [4.78, 5) is 29.6. The van der Waals surface area contributed by atoms with E-state index >= 15 is 4.79 Å². The van der Waals surface area contributed by atoms with Crippen molar-refractivity contribution in [2.45, 2.75) is 174 Å². The van der Waals surface area contributed by atoms with E-state index in [1.807, 2.05) is 33.0 Å². The van der Waals surface area contributed by atoms with Gasteiger partial charge in [-0.1, -0.05) is 84.1 Å². The zero-order chi connectivity index (χ0) is 43.4. The minimum absolute atomic E-state index is 0.0217. The zero-order valence-electron chi connectivity index (χ0n) is 38.1. The number of hydrogen-bond acceptors (Lipinski definition) is 8. The lowest BCUT2D eigenvalue weighted by atomic mass is 9.35. The summed E-state index contributed by atoms with van der Waals surface area (Å²) in [5.74, 6) is 1.08. The van der Waals surface area contributed by atoms with Crippen LogP contribution in [0.2, 0.25) is 0 Å². The van der Waals surface area contributed by atoms with Gasteiger partial charge in [-0.15, -0.1) is 0 Å². The number of fused-ring (bicyclic) bond motifs is 5. The van der Waals surface area contributed by atoms with Gasteiger partial charge < -0.3 is 31.1 Å². The number of ether oxygens (including phenoxy) is 1. The Morgan fingerprint density at radius 1 is 0.902 bits per heavy atom. The Labute approximate surface area is 364 Å². The van der Waals surface area contributed by atoms with E-state index < -0.39 is 34.6 Å². The maximum Gasteiger partial charge on any atom is 0.160 e. The molecule has 6 aliphatic carbocycles. The highest BCUT2D eigenvalue weighted by Crippen LogP contribution is 2.75. The molecule has 13 unspecified atom stereocenters. The van der Waals surface area contributed by atoms with Crippen molar-refractivity contribution in [2.75, 3.05) is 12.8 Å². The zero-order valence-corrected chi connectivity index (χ0v) is 38.1. The first-order valence-corrected chi connectivity index (χ1v) is 24.0. The Hall–Kier alpha value is -3.04. The number of ketones is 2. The van der Waals surface area contributed by atoms with E-state index in [4.69, 9.17) is 10.5 Å². The molecule has 13 atom stereocenters. The number of aromatic hydroxyl groups is 1. The van der Waals surface area contributed by atoms with Crippen LogP contribution < -0.4 is 11.1 Å². The number of carbonyl (C=O) groups excluding carboxylic acids is 2. The molecular formula is C53H74N2O6. The van der Waals surface area contributed by atoms with E-state index in [0.717, 1.165) is 80.2 Å². The molecule has 0 bridgehead atoms. The number of Topliss-reactive ketones (excluding diaryl/α,β-unsaturated/α-hetero) is 2. The first-order valence-electron chi connectivity index (χ1n) is 24.0. The van der Waals surface area contributed by atoms with Crippen LogP contribution in [-0.4, -0.2) is 57.8 Å². The van der Waals surface area contributed by atoms with Crippen LogP contribution >= 0.6 is 0 Å². The molecule has 1 heterocycles. The van der Waals surface area contributed by atoms with Crippen molar-refractivity contribution >= 4 is 17.3 Å². The third-order valence-corrected chi connectivity index (χ3v) is 19.1. The van der Waals surface area contributed by atoms with Gasteiger partial charge in [0.15, 0.2) is 5.78 Å². The third-order valence-electron chi connectivity index (χ3n) is 19.1. The molecule has 61 heavy (non-hydrogen) atoms. The molecule has 8 nitrogen and oxygen atoms in total. The Bertz CT molecular complexity index is 2090. The van der Waals surface area contributed by atoms with Crippen LogP contribution in [-0.2, 0) is 20.9 Å². The summed E-state index contributed by atoms with van der Waals surface area (Å²) >= 11 is 0. The average Bonchev–Trinajstić information content (AvgIpc) is 3.51. The fraction of sp³-hybridized carbons (Fsp3) is 0.698. The predicted molar refractivity (Wildman–Crippen MR) is 240 cm³/mol. The van der Waals surface area contributed by atoms with E-state index in [1.54, 1.807) is 12.1 Å². The minimum atomic E-state index is -0.782. The lowest BCUT2D eigenvalue weighted by Gasteiger charge is -2.69. The molecule has 332 valence electrons. The number of aliphatic hydroxyl groups is 2. The van der Waals surface area contributed by atoms with Gasteiger partial charge in [0.05, 0.1) is 17.8 Å². The van der Waals surface area contributed by atoms with Gasteiger partial charge in [-0.2, -0.15) is 0 Å². The Morgan fingerprint density at radius 3 is 2.38 bits per heavy atom. The Morgan fingerprint density at radius 2 is 1.66 bits per heavy atom. The largest absolute Gasteiger partial charge is 0.508 e. The lowest BCUT2D eigenvalue weighted by molar-refractivity contribution is -0.219. The van der Waals surface area contributed by atoms with Crippen LogP contribution in [0.15, 0.2) is 53.6 Å². The number of aliphatic hydroxyl groups excluding tert-OH is 2. The maximum atomic E-state index is 15.0. The molecule has 2 aromatic rings. The molecule has 0 radical (unpaired) electrons. The number of benzene rings is 2. The topological polar surface area (TPSA) is 145 Å². The number of rotatable bonds is 10. The van der Waals surface area contributed by atoms with E-state index in [9.17, 15) is 20.1 Å². The first-order chi connectivity index (χ1) is 28.9. The molecule has 0 aromatic heterocycles. The lowest BCUT2D eigenvalue weighted by Crippen LogP contribution is -2.67. The van der Waals surface area contributed by atoms with Crippen LogP contribution in [0.1, 0.15) is 160 Å². The van der Waals surface area contributed by atoms with Gasteiger partial charge >= 0.3 is 0 Å². The predicted octanol–water partition coefficient (Wildman–Crippen LogP) is 9.54. The molecule has 6 fully saturated rings. The normalized spacial score (nSPS) is 40.6. The van der Waals surface area contributed by atoms with Crippen LogP contribution in [0.4, 0.5) is 5.69 Å². The van der Waals surface area contributed by atoms with Gasteiger partial charge in [0, 0.05) is 41.3 Å². The molecule has 6 N–H and O–H groups in total. The minimum Gasteiger partial charge on any atom is -0.508 e. The van der Waals surface area contributed by atoms with E-state index in [1.165, 1.54) is 17.6 Å². The van der Waals surface area contributed by atoms with Crippen molar-refractivity contribution in [3.05, 3.63) is 70.3 Å². The molecule has 1 aliphatic heterocycles. The highest BCUT2D eigenvalue weighted by molar-refractivity contribution is 6.01. The second kappa shape index (κ2) is 15.3. The maximum absolute atomic E-state index is 15.0. The van der Waals surface area contributed by atoms with E-state index in [0.29, 0.717) is 50.0 Å². The number of nitrogens with two attached hydrogens (primary N) is 1. The number of phenols is 1. The number of anilines is 1. The molecule has 9 rings (SSSR count). The van der Waals surface area contributed by atoms with Crippen molar-refractivity contribution in [2.24, 2.45) is 51.2 Å².